The number of benzene rings is 1. The average molecular weight is 305 g/mol. The number of carbonyl (C=O) groups excluding carboxylic acids is 2. The second-order valence-corrected chi connectivity index (χ2v) is 6.09. The van der Waals surface area contributed by atoms with Gasteiger partial charge in [0.25, 0.3) is 5.91 Å². The highest BCUT2D eigenvalue weighted by atomic mass is 19.1. The summed E-state index contributed by atoms with van der Waals surface area (Å²) >= 11 is 0. The van der Waals surface area contributed by atoms with Crippen LogP contribution < -0.4 is 10.6 Å². The highest BCUT2D eigenvalue weighted by Gasteiger charge is 2.23. The molecular formula is C16H20FN3O2. The van der Waals surface area contributed by atoms with Gasteiger partial charge in [0, 0.05) is 18.2 Å². The number of nitrogens with one attached hydrogen (secondary N) is 2. The van der Waals surface area contributed by atoms with Crippen molar-refractivity contribution in [3.63, 3.8) is 0 Å². The Morgan fingerprint density at radius 1 is 1.32 bits per heavy atom. The van der Waals surface area contributed by atoms with Crippen molar-refractivity contribution in [1.29, 1.82) is 0 Å². The van der Waals surface area contributed by atoms with Crippen molar-refractivity contribution in [3.05, 3.63) is 29.1 Å². The number of halogens is 1. The van der Waals surface area contributed by atoms with E-state index in [1.54, 1.807) is 6.07 Å². The van der Waals surface area contributed by atoms with Crippen LogP contribution in [0, 0.1) is 5.82 Å². The number of amides is 2. The van der Waals surface area contributed by atoms with Gasteiger partial charge in [-0.2, -0.15) is 0 Å². The molecule has 2 aliphatic heterocycles. The third-order valence-corrected chi connectivity index (χ3v) is 4.39. The van der Waals surface area contributed by atoms with Gasteiger partial charge >= 0.3 is 0 Å². The van der Waals surface area contributed by atoms with E-state index in [2.05, 4.69) is 22.6 Å². The van der Waals surface area contributed by atoms with E-state index < -0.39 is 5.82 Å². The summed E-state index contributed by atoms with van der Waals surface area (Å²) in [4.78, 5) is 25.9. The van der Waals surface area contributed by atoms with Crippen LogP contribution in [0.2, 0.25) is 0 Å². The molecule has 1 fully saturated rings. The molecule has 0 aliphatic carbocycles. The van der Waals surface area contributed by atoms with E-state index in [4.69, 9.17) is 0 Å². The minimum Gasteiger partial charge on any atom is -0.349 e. The molecule has 3 rings (SSSR count). The first-order valence-corrected chi connectivity index (χ1v) is 7.64. The van der Waals surface area contributed by atoms with Crippen molar-refractivity contribution in [1.82, 2.24) is 10.2 Å². The number of anilines is 1. The number of rotatable bonds is 2. The van der Waals surface area contributed by atoms with Crippen LogP contribution in [-0.2, 0) is 11.2 Å². The largest absolute Gasteiger partial charge is 0.349 e. The van der Waals surface area contributed by atoms with Crippen molar-refractivity contribution >= 4 is 17.5 Å². The molecule has 1 saturated heterocycles. The monoisotopic (exact) mass is 305 g/mol. The fraction of sp³-hybridized carbons (Fsp3) is 0.500. The maximum Gasteiger partial charge on any atom is 0.254 e. The number of hydrogen-bond acceptors (Lipinski definition) is 3. The molecular weight excluding hydrogens is 285 g/mol. The van der Waals surface area contributed by atoms with Gasteiger partial charge in [-0.05, 0) is 57.1 Å². The number of likely N-dealkylation sites (tertiary alicyclic amines) is 1. The van der Waals surface area contributed by atoms with Crippen molar-refractivity contribution in [2.45, 2.75) is 31.7 Å². The second-order valence-electron chi connectivity index (χ2n) is 6.09. The Hall–Kier alpha value is -1.95. The molecule has 2 aliphatic rings. The highest BCUT2D eigenvalue weighted by Crippen LogP contribution is 2.26. The lowest BCUT2D eigenvalue weighted by Crippen LogP contribution is -2.43. The van der Waals surface area contributed by atoms with Crippen LogP contribution in [0.1, 0.15) is 35.2 Å². The first kappa shape index (κ1) is 15.0. The van der Waals surface area contributed by atoms with Gasteiger partial charge in [-0.25, -0.2) is 4.39 Å². The summed E-state index contributed by atoms with van der Waals surface area (Å²) in [7, 11) is 2.05. The fourth-order valence-electron chi connectivity index (χ4n) is 2.99. The number of hydrogen-bond donors (Lipinski definition) is 2. The molecule has 2 N–H and O–H groups in total. The van der Waals surface area contributed by atoms with Gasteiger partial charge in [0.2, 0.25) is 5.91 Å². The van der Waals surface area contributed by atoms with Crippen LogP contribution in [0.15, 0.2) is 12.1 Å². The third-order valence-electron chi connectivity index (χ3n) is 4.39. The van der Waals surface area contributed by atoms with E-state index in [1.807, 2.05) is 0 Å². The smallest absolute Gasteiger partial charge is 0.254 e. The number of piperidine rings is 1. The van der Waals surface area contributed by atoms with Crippen LogP contribution in [0.3, 0.4) is 0 Å². The van der Waals surface area contributed by atoms with E-state index in [-0.39, 0.29) is 23.4 Å². The molecule has 1 aromatic carbocycles. The van der Waals surface area contributed by atoms with Crippen molar-refractivity contribution < 1.29 is 14.0 Å². The lowest BCUT2D eigenvalue weighted by Gasteiger charge is -2.29. The molecule has 0 saturated carbocycles. The third kappa shape index (κ3) is 3.11. The topological polar surface area (TPSA) is 61.4 Å². The summed E-state index contributed by atoms with van der Waals surface area (Å²) in [5.41, 5.74) is 1.35. The number of fused-ring (bicyclic) bond motifs is 1. The van der Waals surface area contributed by atoms with Gasteiger partial charge < -0.3 is 15.5 Å². The molecule has 0 aromatic heterocycles. The van der Waals surface area contributed by atoms with Gasteiger partial charge in [0.15, 0.2) is 0 Å². The van der Waals surface area contributed by atoms with Crippen molar-refractivity contribution in [3.8, 4) is 0 Å². The summed E-state index contributed by atoms with van der Waals surface area (Å²) in [6.07, 6.45) is 2.67. The molecule has 0 spiro atoms. The predicted octanol–water partition coefficient (Wildman–Crippen LogP) is 1.53. The second kappa shape index (κ2) is 6.04. The van der Waals surface area contributed by atoms with Crippen molar-refractivity contribution in [2.75, 3.05) is 25.5 Å². The Bertz CT molecular complexity index is 610. The minimum absolute atomic E-state index is 0.0637. The zero-order valence-corrected chi connectivity index (χ0v) is 12.6. The molecule has 5 nitrogen and oxygen atoms in total. The Morgan fingerprint density at radius 2 is 2.05 bits per heavy atom. The minimum atomic E-state index is -0.591. The summed E-state index contributed by atoms with van der Waals surface area (Å²) in [5.74, 6) is -1.08. The van der Waals surface area contributed by atoms with Crippen LogP contribution in [0.4, 0.5) is 10.1 Å². The molecule has 118 valence electrons. The number of nitrogens with zero attached hydrogens (tertiary/aromatic N) is 1. The van der Waals surface area contributed by atoms with Gasteiger partial charge in [-0.3, -0.25) is 9.59 Å². The molecule has 0 unspecified atom stereocenters. The van der Waals surface area contributed by atoms with Gasteiger partial charge in [-0.1, -0.05) is 0 Å². The maximum atomic E-state index is 14.2. The quantitative estimate of drug-likeness (QED) is 0.871. The van der Waals surface area contributed by atoms with Gasteiger partial charge in [-0.15, -0.1) is 0 Å². The van der Waals surface area contributed by atoms with E-state index in [9.17, 15) is 14.0 Å². The Morgan fingerprint density at radius 3 is 2.77 bits per heavy atom. The average Bonchev–Trinajstić information content (AvgIpc) is 2.48. The normalized spacial score (nSPS) is 19.5. The van der Waals surface area contributed by atoms with Gasteiger partial charge in [0.05, 0.1) is 5.56 Å². The van der Waals surface area contributed by atoms with Crippen molar-refractivity contribution in [2.24, 2.45) is 0 Å². The molecule has 2 amide bonds. The number of aryl methyl sites for hydroxylation is 1. The Balaban J connectivity index is 1.74. The molecule has 2 heterocycles. The first-order valence-electron chi connectivity index (χ1n) is 7.64. The number of carbonyl (C=O) groups is 2. The zero-order chi connectivity index (χ0) is 15.7. The van der Waals surface area contributed by atoms with Crippen LogP contribution in [0.5, 0.6) is 0 Å². The van der Waals surface area contributed by atoms with Crippen LogP contribution in [0.25, 0.3) is 0 Å². The van der Waals surface area contributed by atoms with E-state index in [0.717, 1.165) is 31.5 Å². The summed E-state index contributed by atoms with van der Waals surface area (Å²) in [5, 5.41) is 5.56. The summed E-state index contributed by atoms with van der Waals surface area (Å²) in [6.45, 7) is 1.87. The first-order chi connectivity index (χ1) is 10.5. The lowest BCUT2D eigenvalue weighted by molar-refractivity contribution is -0.116. The fourth-order valence-corrected chi connectivity index (χ4v) is 2.99. The van der Waals surface area contributed by atoms with E-state index >= 15 is 0 Å². The van der Waals surface area contributed by atoms with E-state index in [1.165, 1.54) is 6.07 Å². The maximum absolute atomic E-state index is 14.2. The molecule has 22 heavy (non-hydrogen) atoms. The standard InChI is InChI=1S/C16H20FN3O2/c1-20-6-4-11(5-7-20)18-16(22)12-8-10-2-3-15(21)19-14(10)9-13(12)17/h8-9,11H,2-7H2,1H3,(H,18,22)(H,19,21). The molecule has 0 atom stereocenters. The molecule has 0 radical (unpaired) electrons. The Kier molecular flexibility index (Phi) is 4.11. The van der Waals surface area contributed by atoms with Crippen LogP contribution >= 0.6 is 0 Å². The molecule has 1 aromatic rings. The lowest BCUT2D eigenvalue weighted by atomic mass is 9.99. The van der Waals surface area contributed by atoms with E-state index in [0.29, 0.717) is 18.5 Å². The SMILES string of the molecule is CN1CCC(NC(=O)c2cc3c(cc2F)NC(=O)CC3)CC1. The molecule has 6 heteroatoms. The Labute approximate surface area is 128 Å². The van der Waals surface area contributed by atoms with Crippen LogP contribution in [-0.4, -0.2) is 42.9 Å². The predicted molar refractivity (Wildman–Crippen MR) is 81.3 cm³/mol. The highest BCUT2D eigenvalue weighted by molar-refractivity contribution is 5.98. The summed E-state index contributed by atoms with van der Waals surface area (Å²) < 4.78 is 14.2. The van der Waals surface area contributed by atoms with Gasteiger partial charge in [0.1, 0.15) is 5.82 Å². The summed E-state index contributed by atoms with van der Waals surface area (Å²) in [6, 6.07) is 2.91. The zero-order valence-electron chi connectivity index (χ0n) is 12.6. The molecule has 0 bridgehead atoms.